The minimum atomic E-state index is -0.270. The first-order chi connectivity index (χ1) is 14.1. The van der Waals surface area contributed by atoms with Gasteiger partial charge in [-0.05, 0) is 36.4 Å². The van der Waals surface area contributed by atoms with Crippen molar-refractivity contribution in [2.75, 3.05) is 5.01 Å². The quantitative estimate of drug-likeness (QED) is 0.574. The van der Waals surface area contributed by atoms with Crippen LogP contribution in [-0.4, -0.2) is 15.4 Å². The number of aryl methyl sites for hydroxylation is 1. The number of aromatic nitrogens is 1. The van der Waals surface area contributed by atoms with Gasteiger partial charge >= 0.3 is 0 Å². The smallest absolute Gasteiger partial charge is 0.263 e. The van der Waals surface area contributed by atoms with Gasteiger partial charge in [0.15, 0.2) is 0 Å². The van der Waals surface area contributed by atoms with E-state index in [4.69, 9.17) is 9.52 Å². The van der Waals surface area contributed by atoms with E-state index in [0.29, 0.717) is 23.0 Å². The molecular formula is C23H19N3O3. The number of aromatic hydroxyl groups is 1. The molecule has 1 atom stereocenters. The maximum absolute atomic E-state index is 13.1. The van der Waals surface area contributed by atoms with Gasteiger partial charge in [-0.15, -0.1) is 0 Å². The maximum Gasteiger partial charge on any atom is 0.263 e. The average Bonchev–Trinajstić information content (AvgIpc) is 3.43. The maximum atomic E-state index is 13.1. The molecule has 0 fully saturated rings. The van der Waals surface area contributed by atoms with E-state index in [2.05, 4.69) is 0 Å². The molecule has 4 aromatic rings. The van der Waals surface area contributed by atoms with Crippen LogP contribution in [0.1, 0.15) is 23.8 Å². The molecule has 0 radical (unpaired) electrons. The summed E-state index contributed by atoms with van der Waals surface area (Å²) in [5.41, 5.74) is 2.08. The summed E-state index contributed by atoms with van der Waals surface area (Å²) in [6.07, 6.45) is 2.08. The molecule has 0 spiro atoms. The van der Waals surface area contributed by atoms with Gasteiger partial charge in [0.25, 0.3) is 5.56 Å². The highest BCUT2D eigenvalue weighted by molar-refractivity contribution is 6.08. The molecule has 3 heterocycles. The molecule has 0 amide bonds. The Hall–Kier alpha value is -3.80. The molecule has 0 aliphatic carbocycles. The number of rotatable bonds is 3. The van der Waals surface area contributed by atoms with E-state index < -0.39 is 0 Å². The van der Waals surface area contributed by atoms with Crippen molar-refractivity contribution in [3.05, 3.63) is 94.7 Å². The lowest BCUT2D eigenvalue weighted by Gasteiger charge is -2.21. The number of benzene rings is 2. The summed E-state index contributed by atoms with van der Waals surface area (Å²) in [6, 6.07) is 20.6. The predicted octanol–water partition coefficient (Wildman–Crippen LogP) is 4.19. The molecule has 1 aliphatic heterocycles. The zero-order chi connectivity index (χ0) is 20.0. The largest absolute Gasteiger partial charge is 0.506 e. The number of para-hydroxylation sites is 2. The van der Waals surface area contributed by atoms with Crippen LogP contribution in [0.5, 0.6) is 5.75 Å². The number of furan rings is 1. The van der Waals surface area contributed by atoms with Gasteiger partial charge in [-0.3, -0.25) is 9.80 Å². The summed E-state index contributed by atoms with van der Waals surface area (Å²) in [4.78, 5) is 13.1. The number of hydrogen-bond donors (Lipinski definition) is 1. The predicted molar refractivity (Wildman–Crippen MR) is 112 cm³/mol. The standard InChI is InChI=1S/C23H19N3O3/c1-25-18-11-6-5-10-16(18)22(27)21(23(25)28)17-14-19(20-12-7-13-29-20)26(24-17)15-8-3-2-4-9-15/h2-13,19,27H,14H2,1H3/t19-/m0/s1. The molecule has 144 valence electrons. The van der Waals surface area contributed by atoms with E-state index in [0.717, 1.165) is 11.4 Å². The van der Waals surface area contributed by atoms with Crippen molar-refractivity contribution in [2.24, 2.45) is 12.1 Å². The number of anilines is 1. The fourth-order valence-electron chi connectivity index (χ4n) is 3.92. The molecule has 1 aliphatic rings. The van der Waals surface area contributed by atoms with Gasteiger partial charge in [0.05, 0.1) is 23.2 Å². The van der Waals surface area contributed by atoms with Crippen LogP contribution in [0, 0.1) is 0 Å². The summed E-state index contributed by atoms with van der Waals surface area (Å²) in [5.74, 6) is 0.722. The summed E-state index contributed by atoms with van der Waals surface area (Å²) in [5, 5.41) is 18.2. The van der Waals surface area contributed by atoms with Gasteiger partial charge in [0, 0.05) is 18.9 Å². The number of hydrogen-bond acceptors (Lipinski definition) is 5. The number of hydrazone groups is 1. The van der Waals surface area contributed by atoms with Crippen LogP contribution in [0.25, 0.3) is 10.9 Å². The zero-order valence-corrected chi connectivity index (χ0v) is 15.8. The van der Waals surface area contributed by atoms with Crippen LogP contribution in [0.15, 0.2) is 87.3 Å². The number of nitrogens with zero attached hydrogens (tertiary/aromatic N) is 3. The number of pyridine rings is 1. The third-order valence-electron chi connectivity index (χ3n) is 5.37. The molecule has 0 saturated heterocycles. The van der Waals surface area contributed by atoms with Gasteiger partial charge in [0.1, 0.15) is 23.1 Å². The fraction of sp³-hybridized carbons (Fsp3) is 0.130. The Morgan fingerprint density at radius 2 is 1.79 bits per heavy atom. The normalized spacial score (nSPS) is 16.4. The second kappa shape index (κ2) is 6.67. The highest BCUT2D eigenvalue weighted by Gasteiger charge is 2.34. The Morgan fingerprint density at radius 1 is 1.03 bits per heavy atom. The van der Waals surface area contributed by atoms with Crippen molar-refractivity contribution in [1.82, 2.24) is 4.57 Å². The molecule has 6 heteroatoms. The van der Waals surface area contributed by atoms with Crippen molar-refractivity contribution in [1.29, 1.82) is 0 Å². The molecule has 2 aromatic carbocycles. The first-order valence-corrected chi connectivity index (χ1v) is 9.41. The lowest BCUT2D eigenvalue weighted by atomic mass is 10.0. The minimum absolute atomic E-state index is 0.0319. The molecule has 29 heavy (non-hydrogen) atoms. The molecule has 0 saturated carbocycles. The van der Waals surface area contributed by atoms with Crippen LogP contribution in [0.4, 0.5) is 5.69 Å². The molecule has 0 bridgehead atoms. The molecular weight excluding hydrogens is 366 g/mol. The van der Waals surface area contributed by atoms with Crippen LogP contribution < -0.4 is 10.6 Å². The lowest BCUT2D eigenvalue weighted by Crippen LogP contribution is -2.24. The van der Waals surface area contributed by atoms with Crippen molar-refractivity contribution in [3.8, 4) is 5.75 Å². The van der Waals surface area contributed by atoms with Crippen LogP contribution in [0.2, 0.25) is 0 Å². The van der Waals surface area contributed by atoms with Crippen LogP contribution in [-0.2, 0) is 7.05 Å². The lowest BCUT2D eigenvalue weighted by molar-refractivity contribution is 0.464. The van der Waals surface area contributed by atoms with Gasteiger partial charge < -0.3 is 14.1 Å². The zero-order valence-electron chi connectivity index (χ0n) is 15.8. The molecule has 1 N–H and O–H groups in total. The van der Waals surface area contributed by atoms with Crippen LogP contribution in [0.3, 0.4) is 0 Å². The van der Waals surface area contributed by atoms with Crippen molar-refractivity contribution in [2.45, 2.75) is 12.5 Å². The molecule has 6 nitrogen and oxygen atoms in total. The molecule has 2 aromatic heterocycles. The SMILES string of the molecule is Cn1c(=O)c(C2=NN(c3ccccc3)[C@H](c3ccco3)C2)c(O)c2ccccc21. The number of fused-ring (bicyclic) bond motifs is 1. The minimum Gasteiger partial charge on any atom is -0.506 e. The van der Waals surface area contributed by atoms with E-state index in [-0.39, 0.29) is 22.9 Å². The van der Waals surface area contributed by atoms with E-state index in [9.17, 15) is 9.90 Å². The van der Waals surface area contributed by atoms with Crippen molar-refractivity contribution in [3.63, 3.8) is 0 Å². The summed E-state index contributed by atoms with van der Waals surface area (Å²) >= 11 is 0. The third-order valence-corrected chi connectivity index (χ3v) is 5.37. The Bertz CT molecular complexity index is 1270. The van der Waals surface area contributed by atoms with Gasteiger partial charge in [-0.25, -0.2) is 0 Å². The van der Waals surface area contributed by atoms with E-state index in [1.165, 1.54) is 0 Å². The first-order valence-electron chi connectivity index (χ1n) is 9.41. The molecule has 0 unspecified atom stereocenters. The van der Waals surface area contributed by atoms with E-state index in [1.54, 1.807) is 17.9 Å². The van der Waals surface area contributed by atoms with Crippen molar-refractivity contribution >= 4 is 22.3 Å². The van der Waals surface area contributed by atoms with Crippen LogP contribution >= 0.6 is 0 Å². The van der Waals surface area contributed by atoms with E-state index in [1.807, 2.05) is 71.7 Å². The average molecular weight is 385 g/mol. The summed E-state index contributed by atoms with van der Waals surface area (Å²) < 4.78 is 7.20. The molecule has 5 rings (SSSR count). The Morgan fingerprint density at radius 3 is 2.55 bits per heavy atom. The topological polar surface area (TPSA) is 71.0 Å². The Labute approximate surface area is 166 Å². The monoisotopic (exact) mass is 385 g/mol. The van der Waals surface area contributed by atoms with Gasteiger partial charge in [0.2, 0.25) is 0 Å². The summed E-state index contributed by atoms with van der Waals surface area (Å²) in [7, 11) is 1.71. The van der Waals surface area contributed by atoms with Gasteiger partial charge in [-0.1, -0.05) is 30.3 Å². The second-order valence-corrected chi connectivity index (χ2v) is 7.07. The Kier molecular flexibility index (Phi) is 3.98. The van der Waals surface area contributed by atoms with E-state index >= 15 is 0 Å². The first kappa shape index (κ1) is 17.3. The fourth-order valence-corrected chi connectivity index (χ4v) is 3.92. The summed E-state index contributed by atoms with van der Waals surface area (Å²) in [6.45, 7) is 0. The highest BCUT2D eigenvalue weighted by atomic mass is 16.3. The highest BCUT2D eigenvalue weighted by Crippen LogP contribution is 2.38. The van der Waals surface area contributed by atoms with Gasteiger partial charge in [-0.2, -0.15) is 5.10 Å². The second-order valence-electron chi connectivity index (χ2n) is 7.07. The Balaban J connectivity index is 1.70. The third kappa shape index (κ3) is 2.72. The van der Waals surface area contributed by atoms with Crippen molar-refractivity contribution < 1.29 is 9.52 Å².